The van der Waals surface area contributed by atoms with Crippen LogP contribution in [0.15, 0.2) is 22.9 Å². The molecule has 3 heteroatoms. The zero-order valence-electron chi connectivity index (χ0n) is 5.28. The van der Waals surface area contributed by atoms with Crippen LogP contribution in [0.3, 0.4) is 0 Å². The zero-order valence-corrected chi connectivity index (χ0v) is 6.10. The van der Waals surface area contributed by atoms with Crippen LogP contribution >= 0.6 is 11.3 Å². The summed E-state index contributed by atoms with van der Waals surface area (Å²) < 4.78 is 0. The molecule has 0 spiro atoms. The second kappa shape index (κ2) is 3.32. The van der Waals surface area contributed by atoms with Gasteiger partial charge in [0.05, 0.1) is 6.04 Å². The molecule has 2 nitrogen and oxygen atoms in total. The van der Waals surface area contributed by atoms with Crippen LogP contribution in [0.5, 0.6) is 0 Å². The van der Waals surface area contributed by atoms with Crippen LogP contribution in [-0.4, -0.2) is 5.94 Å². The van der Waals surface area contributed by atoms with Crippen molar-refractivity contribution in [3.63, 3.8) is 0 Å². The minimum absolute atomic E-state index is 0.288. The van der Waals surface area contributed by atoms with Crippen molar-refractivity contribution in [1.29, 1.82) is 0 Å². The Balaban J connectivity index is 2.76. The molecule has 0 radical (unpaired) electrons. The van der Waals surface area contributed by atoms with E-state index in [1.54, 1.807) is 17.3 Å². The first-order valence-electron chi connectivity index (χ1n) is 2.83. The highest BCUT2D eigenvalue weighted by Gasteiger charge is 2.00. The second-order valence-corrected chi connectivity index (χ2v) is 2.65. The summed E-state index contributed by atoms with van der Waals surface area (Å²) in [6.45, 7) is 0. The third kappa shape index (κ3) is 1.54. The maximum absolute atomic E-state index is 9.85. The average Bonchev–Trinajstić information content (AvgIpc) is 2.38. The van der Waals surface area contributed by atoms with E-state index in [4.69, 9.17) is 5.73 Å². The minimum atomic E-state index is -0.288. The second-order valence-electron chi connectivity index (χ2n) is 1.87. The average molecular weight is 153 g/mol. The molecular formula is C7H7NOS. The summed E-state index contributed by atoms with van der Waals surface area (Å²) in [5, 5.41) is 3.84. The minimum Gasteiger partial charge on any atom is -0.320 e. The van der Waals surface area contributed by atoms with E-state index >= 15 is 0 Å². The van der Waals surface area contributed by atoms with Crippen LogP contribution < -0.4 is 5.73 Å². The number of hydrogen-bond donors (Lipinski definition) is 1. The van der Waals surface area contributed by atoms with Crippen molar-refractivity contribution in [2.75, 3.05) is 0 Å². The van der Waals surface area contributed by atoms with Gasteiger partial charge in [-0.1, -0.05) is 0 Å². The van der Waals surface area contributed by atoms with E-state index in [1.165, 1.54) is 6.08 Å². The molecule has 0 aliphatic carbocycles. The van der Waals surface area contributed by atoms with Crippen LogP contribution in [0, 0.1) is 0 Å². The molecule has 1 aromatic rings. The van der Waals surface area contributed by atoms with Gasteiger partial charge in [-0.05, 0) is 22.4 Å². The molecule has 0 aliphatic heterocycles. The molecule has 1 aromatic heterocycles. The van der Waals surface area contributed by atoms with Gasteiger partial charge in [-0.15, -0.1) is 0 Å². The first kappa shape index (κ1) is 7.22. The van der Waals surface area contributed by atoms with Crippen LogP contribution in [-0.2, 0) is 4.79 Å². The van der Waals surface area contributed by atoms with E-state index in [-0.39, 0.29) is 6.04 Å². The highest BCUT2D eigenvalue weighted by Crippen LogP contribution is 2.13. The van der Waals surface area contributed by atoms with Gasteiger partial charge in [0.15, 0.2) is 0 Å². The van der Waals surface area contributed by atoms with Gasteiger partial charge in [0.2, 0.25) is 0 Å². The third-order valence-electron chi connectivity index (χ3n) is 1.18. The Kier molecular flexibility index (Phi) is 2.40. The monoisotopic (exact) mass is 153 g/mol. The predicted octanol–water partition coefficient (Wildman–Crippen LogP) is 1.14. The Bertz CT molecular complexity index is 236. The first-order chi connectivity index (χ1) is 4.84. The number of nitrogens with two attached hydrogens (primary N) is 1. The molecule has 0 fully saturated rings. The van der Waals surface area contributed by atoms with E-state index in [0.717, 1.165) is 5.56 Å². The van der Waals surface area contributed by atoms with Crippen molar-refractivity contribution in [2.24, 2.45) is 5.73 Å². The van der Waals surface area contributed by atoms with Gasteiger partial charge in [-0.3, -0.25) is 0 Å². The lowest BCUT2D eigenvalue weighted by Crippen LogP contribution is -2.05. The van der Waals surface area contributed by atoms with Gasteiger partial charge in [0, 0.05) is 6.08 Å². The molecule has 0 bridgehead atoms. The molecular weight excluding hydrogens is 146 g/mol. The van der Waals surface area contributed by atoms with Crippen molar-refractivity contribution in [3.05, 3.63) is 28.5 Å². The largest absolute Gasteiger partial charge is 0.320 e. The number of hydrogen-bond acceptors (Lipinski definition) is 3. The lowest BCUT2D eigenvalue weighted by molar-refractivity contribution is 0.567. The molecule has 1 rings (SSSR count). The van der Waals surface area contributed by atoms with Crippen molar-refractivity contribution in [3.8, 4) is 0 Å². The molecule has 1 heterocycles. The summed E-state index contributed by atoms with van der Waals surface area (Å²) in [7, 11) is 0. The highest BCUT2D eigenvalue weighted by molar-refractivity contribution is 7.07. The van der Waals surface area contributed by atoms with Gasteiger partial charge in [0.1, 0.15) is 5.94 Å². The molecule has 0 amide bonds. The van der Waals surface area contributed by atoms with E-state index in [1.807, 2.05) is 16.8 Å². The third-order valence-corrected chi connectivity index (χ3v) is 1.88. The maximum Gasteiger partial charge on any atom is 0.122 e. The molecule has 0 aliphatic rings. The summed E-state index contributed by atoms with van der Waals surface area (Å²) in [6.07, 6.45) is 1.31. The fourth-order valence-corrected chi connectivity index (χ4v) is 1.34. The summed E-state index contributed by atoms with van der Waals surface area (Å²) in [4.78, 5) is 9.85. The molecule has 0 saturated heterocycles. The molecule has 1 unspecified atom stereocenters. The standard InChI is InChI=1S/C7H7NOS/c8-7(1-3-9)6-2-4-10-5-6/h1-2,4-5,7H,8H2. The van der Waals surface area contributed by atoms with Crippen molar-refractivity contribution >= 4 is 17.3 Å². The fourth-order valence-electron chi connectivity index (χ4n) is 0.634. The van der Waals surface area contributed by atoms with Gasteiger partial charge in [0.25, 0.3) is 0 Å². The van der Waals surface area contributed by atoms with Gasteiger partial charge < -0.3 is 5.73 Å². The fraction of sp³-hybridized carbons (Fsp3) is 0.143. The zero-order chi connectivity index (χ0) is 7.40. The Labute approximate surface area is 63.0 Å². The van der Waals surface area contributed by atoms with Crippen LogP contribution in [0.4, 0.5) is 0 Å². The highest BCUT2D eigenvalue weighted by atomic mass is 32.1. The lowest BCUT2D eigenvalue weighted by Gasteiger charge is -1.97. The van der Waals surface area contributed by atoms with Crippen molar-refractivity contribution in [2.45, 2.75) is 6.04 Å². The Morgan fingerprint density at radius 2 is 2.60 bits per heavy atom. The van der Waals surface area contributed by atoms with E-state index in [9.17, 15) is 4.79 Å². The summed E-state index contributed by atoms with van der Waals surface area (Å²) in [5.41, 5.74) is 6.50. The van der Waals surface area contributed by atoms with Gasteiger partial charge >= 0.3 is 0 Å². The molecule has 2 N–H and O–H groups in total. The molecule has 52 valence electrons. The Morgan fingerprint density at radius 3 is 3.10 bits per heavy atom. The van der Waals surface area contributed by atoms with Gasteiger partial charge in [-0.2, -0.15) is 11.3 Å². The van der Waals surface area contributed by atoms with Crippen LogP contribution in [0.2, 0.25) is 0 Å². The smallest absolute Gasteiger partial charge is 0.122 e. The Hall–Kier alpha value is -0.890. The number of carbonyl (C=O) groups excluding carboxylic acids is 1. The van der Waals surface area contributed by atoms with E-state index < -0.39 is 0 Å². The molecule has 0 saturated carbocycles. The van der Waals surface area contributed by atoms with Crippen molar-refractivity contribution in [1.82, 2.24) is 0 Å². The van der Waals surface area contributed by atoms with Crippen LogP contribution in [0.25, 0.3) is 0 Å². The SMILES string of the molecule is NC(C=C=O)c1ccsc1. The topological polar surface area (TPSA) is 43.1 Å². The van der Waals surface area contributed by atoms with Crippen LogP contribution in [0.1, 0.15) is 11.6 Å². The van der Waals surface area contributed by atoms with Crippen molar-refractivity contribution < 1.29 is 4.79 Å². The Morgan fingerprint density at radius 1 is 1.80 bits per heavy atom. The molecule has 10 heavy (non-hydrogen) atoms. The predicted molar refractivity (Wildman–Crippen MR) is 41.5 cm³/mol. The van der Waals surface area contributed by atoms with E-state index in [0.29, 0.717) is 0 Å². The normalized spacial score (nSPS) is 12.1. The molecule has 0 aromatic carbocycles. The summed E-state index contributed by atoms with van der Waals surface area (Å²) >= 11 is 1.56. The summed E-state index contributed by atoms with van der Waals surface area (Å²) in [6, 6.07) is 1.60. The molecule has 1 atom stereocenters. The number of rotatable bonds is 2. The van der Waals surface area contributed by atoms with Gasteiger partial charge in [-0.25, -0.2) is 4.79 Å². The first-order valence-corrected chi connectivity index (χ1v) is 3.77. The van der Waals surface area contributed by atoms with E-state index in [2.05, 4.69) is 0 Å². The number of thiophene rings is 1. The maximum atomic E-state index is 9.85. The lowest BCUT2D eigenvalue weighted by atomic mass is 10.2. The quantitative estimate of drug-likeness (QED) is 0.647. The summed E-state index contributed by atoms with van der Waals surface area (Å²) in [5.74, 6) is 1.66.